The van der Waals surface area contributed by atoms with Crippen molar-refractivity contribution in [1.29, 1.82) is 0 Å². The average molecular weight is 564 g/mol. The first-order chi connectivity index (χ1) is 14.5. The van der Waals surface area contributed by atoms with E-state index in [1.807, 2.05) is 0 Å². The third kappa shape index (κ3) is 7.95. The lowest BCUT2D eigenvalue weighted by molar-refractivity contribution is -0.0551. The summed E-state index contributed by atoms with van der Waals surface area (Å²) in [5.74, 6) is 0. The molecule has 0 saturated heterocycles. The standard InChI is InChI=1S/C12H9F9O9S3/c13-10(14,15)31(22,23)28-4-7-1-8(5-29-32(24,25)11(16,17)18)3-9(2-7)6-30-33(26,27)12(19,20)21/h1-3H,4-6H2. The van der Waals surface area contributed by atoms with Gasteiger partial charge in [-0.3, -0.25) is 12.5 Å². The molecule has 0 aliphatic rings. The number of benzene rings is 1. The van der Waals surface area contributed by atoms with Crippen LogP contribution in [0.2, 0.25) is 0 Å². The molecule has 0 amide bonds. The van der Waals surface area contributed by atoms with Crippen LogP contribution in [-0.2, 0) is 62.7 Å². The van der Waals surface area contributed by atoms with Gasteiger partial charge in [0.15, 0.2) is 0 Å². The van der Waals surface area contributed by atoms with Gasteiger partial charge in [0.05, 0.1) is 19.8 Å². The number of hydrogen-bond acceptors (Lipinski definition) is 9. The van der Waals surface area contributed by atoms with Crippen LogP contribution in [0.5, 0.6) is 0 Å². The van der Waals surface area contributed by atoms with Crippen molar-refractivity contribution in [2.45, 2.75) is 36.3 Å². The van der Waals surface area contributed by atoms with Crippen molar-refractivity contribution in [1.82, 2.24) is 0 Å². The molecule has 1 aromatic carbocycles. The predicted octanol–water partition coefficient (Wildman–Crippen LogP) is 2.79. The zero-order chi connectivity index (χ0) is 26.1. The summed E-state index contributed by atoms with van der Waals surface area (Å²) < 4.78 is 187. The fourth-order valence-electron chi connectivity index (χ4n) is 1.73. The molecule has 0 fully saturated rings. The van der Waals surface area contributed by atoms with E-state index in [-0.39, 0.29) is 0 Å². The molecular formula is C12H9F9O9S3. The molecule has 0 radical (unpaired) electrons. The van der Waals surface area contributed by atoms with E-state index in [9.17, 15) is 64.8 Å². The molecule has 0 aromatic heterocycles. The lowest BCUT2D eigenvalue weighted by Crippen LogP contribution is -2.26. The molecule has 0 N–H and O–H groups in total. The maximum absolute atomic E-state index is 12.3. The summed E-state index contributed by atoms with van der Waals surface area (Å²) in [5, 5.41) is 0. The minimum Gasteiger partial charge on any atom is -0.258 e. The van der Waals surface area contributed by atoms with E-state index in [0.717, 1.165) is 0 Å². The Morgan fingerprint density at radius 3 is 0.818 bits per heavy atom. The SMILES string of the molecule is O=S(=O)(OCc1cc(COS(=O)(=O)C(F)(F)F)cc(COS(=O)(=O)C(F)(F)F)c1)C(F)(F)F. The van der Waals surface area contributed by atoms with Gasteiger partial charge in [-0.1, -0.05) is 18.2 Å². The van der Waals surface area contributed by atoms with Crippen molar-refractivity contribution >= 4 is 30.4 Å². The molecule has 21 heteroatoms. The molecule has 0 spiro atoms. The van der Waals surface area contributed by atoms with Crippen LogP contribution in [0.4, 0.5) is 39.5 Å². The van der Waals surface area contributed by atoms with Crippen LogP contribution in [0.15, 0.2) is 18.2 Å². The van der Waals surface area contributed by atoms with Gasteiger partial charge in [-0.15, -0.1) is 0 Å². The monoisotopic (exact) mass is 564 g/mol. The third-order valence-electron chi connectivity index (χ3n) is 3.11. The Morgan fingerprint density at radius 1 is 0.485 bits per heavy atom. The molecule has 1 rings (SSSR count). The van der Waals surface area contributed by atoms with Gasteiger partial charge < -0.3 is 0 Å². The molecule has 9 nitrogen and oxygen atoms in total. The van der Waals surface area contributed by atoms with E-state index >= 15 is 0 Å². The lowest BCUT2D eigenvalue weighted by Gasteiger charge is -2.13. The Balaban J connectivity index is 3.25. The lowest BCUT2D eigenvalue weighted by atomic mass is 10.1. The highest BCUT2D eigenvalue weighted by atomic mass is 32.2. The maximum atomic E-state index is 12.3. The Labute approximate surface area is 179 Å². The van der Waals surface area contributed by atoms with Crippen molar-refractivity contribution in [2.24, 2.45) is 0 Å². The minimum atomic E-state index is -6.18. The molecule has 33 heavy (non-hydrogen) atoms. The van der Waals surface area contributed by atoms with E-state index in [1.165, 1.54) is 0 Å². The van der Waals surface area contributed by atoms with Gasteiger partial charge >= 0.3 is 46.9 Å². The van der Waals surface area contributed by atoms with Gasteiger partial charge in [-0.05, 0) is 16.7 Å². The quantitative estimate of drug-likeness (QED) is 0.253. The van der Waals surface area contributed by atoms with Crippen LogP contribution >= 0.6 is 0 Å². The van der Waals surface area contributed by atoms with E-state index in [1.54, 1.807) is 0 Å². The first-order valence-corrected chi connectivity index (χ1v) is 11.7. The predicted molar refractivity (Wildman–Crippen MR) is 85.7 cm³/mol. The van der Waals surface area contributed by atoms with Crippen LogP contribution in [-0.4, -0.2) is 41.8 Å². The zero-order valence-corrected chi connectivity index (χ0v) is 17.6. The highest BCUT2D eigenvalue weighted by Crippen LogP contribution is 2.29. The summed E-state index contributed by atoms with van der Waals surface area (Å²) in [6, 6.07) is 1.75. The number of rotatable bonds is 9. The zero-order valence-electron chi connectivity index (χ0n) is 15.2. The Hall–Kier alpha value is -1.68. The van der Waals surface area contributed by atoms with Gasteiger partial charge in [-0.25, -0.2) is 0 Å². The van der Waals surface area contributed by atoms with E-state index < -0.39 is 83.4 Å². The fourth-order valence-corrected chi connectivity index (χ4v) is 3.00. The number of halogens is 9. The van der Waals surface area contributed by atoms with Gasteiger partial charge in [0.2, 0.25) is 0 Å². The molecule has 0 unspecified atom stereocenters. The van der Waals surface area contributed by atoms with Crippen molar-refractivity contribution < 1.29 is 77.3 Å². The second kappa shape index (κ2) is 9.52. The molecule has 1 aromatic rings. The second-order valence-corrected chi connectivity index (χ2v) is 10.5. The van der Waals surface area contributed by atoms with Crippen molar-refractivity contribution in [2.75, 3.05) is 0 Å². The van der Waals surface area contributed by atoms with Crippen LogP contribution in [0, 0.1) is 0 Å². The van der Waals surface area contributed by atoms with Gasteiger partial charge in [0, 0.05) is 0 Å². The highest BCUT2D eigenvalue weighted by molar-refractivity contribution is 7.88. The summed E-state index contributed by atoms with van der Waals surface area (Å²) in [6.07, 6.45) is 0. The number of alkyl halides is 9. The van der Waals surface area contributed by atoms with Crippen LogP contribution < -0.4 is 0 Å². The van der Waals surface area contributed by atoms with Gasteiger partial charge in [-0.2, -0.15) is 64.8 Å². The minimum absolute atomic E-state index is 0.583. The first kappa shape index (κ1) is 29.4. The smallest absolute Gasteiger partial charge is 0.258 e. The Morgan fingerprint density at radius 2 is 0.667 bits per heavy atom. The third-order valence-corrected chi connectivity index (χ3v) is 6.09. The molecule has 0 bridgehead atoms. The normalized spacial score (nSPS) is 14.5. The summed E-state index contributed by atoms with van der Waals surface area (Å²) in [6.45, 7) is -4.46. The van der Waals surface area contributed by atoms with Crippen molar-refractivity contribution in [3.63, 3.8) is 0 Å². The van der Waals surface area contributed by atoms with Crippen LogP contribution in [0.3, 0.4) is 0 Å². The highest BCUT2D eigenvalue weighted by Gasteiger charge is 2.49. The molecular weight excluding hydrogens is 555 g/mol. The molecule has 0 heterocycles. The largest absolute Gasteiger partial charge is 0.523 e. The maximum Gasteiger partial charge on any atom is 0.523 e. The van der Waals surface area contributed by atoms with Crippen LogP contribution in [0.25, 0.3) is 0 Å². The number of hydrogen-bond donors (Lipinski definition) is 0. The average Bonchev–Trinajstić information content (AvgIpc) is 2.60. The van der Waals surface area contributed by atoms with E-state index in [4.69, 9.17) is 0 Å². The molecule has 0 aliphatic heterocycles. The summed E-state index contributed by atoms with van der Waals surface area (Å²) in [5.41, 5.74) is -19.7. The molecule has 0 aliphatic carbocycles. The Kier molecular flexibility index (Phi) is 8.47. The second-order valence-electron chi connectivity index (χ2n) is 5.64. The summed E-state index contributed by atoms with van der Waals surface area (Å²) in [7, 11) is -18.5. The molecule has 0 saturated carbocycles. The van der Waals surface area contributed by atoms with Crippen LogP contribution in [0.1, 0.15) is 16.7 Å². The van der Waals surface area contributed by atoms with Crippen molar-refractivity contribution in [3.05, 3.63) is 34.9 Å². The first-order valence-electron chi connectivity index (χ1n) is 7.47. The van der Waals surface area contributed by atoms with E-state index in [0.29, 0.717) is 18.2 Å². The van der Waals surface area contributed by atoms with E-state index in [2.05, 4.69) is 12.5 Å². The van der Waals surface area contributed by atoms with Crippen molar-refractivity contribution in [3.8, 4) is 0 Å². The fraction of sp³-hybridized carbons (Fsp3) is 0.500. The summed E-state index contributed by atoms with van der Waals surface area (Å²) >= 11 is 0. The Bertz CT molecular complexity index is 1010. The molecule has 192 valence electrons. The topological polar surface area (TPSA) is 130 Å². The van der Waals surface area contributed by atoms with Gasteiger partial charge in [0.1, 0.15) is 0 Å². The van der Waals surface area contributed by atoms with Gasteiger partial charge in [0.25, 0.3) is 0 Å². The molecule has 0 atom stereocenters. The summed E-state index contributed by atoms with van der Waals surface area (Å²) in [4.78, 5) is 0.